The molecule has 0 saturated carbocycles. The molecule has 0 N–H and O–H groups in total. The van der Waals surface area contributed by atoms with Crippen molar-refractivity contribution < 1.29 is 18.6 Å². The molecule has 2 aromatic heterocycles. The summed E-state index contributed by atoms with van der Waals surface area (Å²) in [6.07, 6.45) is 46.4. The van der Waals surface area contributed by atoms with Gasteiger partial charge in [0.1, 0.15) is 24.8 Å². The fourth-order valence-corrected chi connectivity index (χ4v) is 6.02. The van der Waals surface area contributed by atoms with Gasteiger partial charge in [-0.1, -0.05) is 142 Å². The highest BCUT2D eigenvalue weighted by atomic mass is 16.5. The summed E-state index contributed by atoms with van der Waals surface area (Å²) in [7, 11) is 0. The van der Waals surface area contributed by atoms with Crippen LogP contribution in [0.4, 0.5) is 0 Å². The molecule has 0 amide bonds. The van der Waals surface area contributed by atoms with Gasteiger partial charge in [0.05, 0.1) is 26.3 Å². The molecule has 0 unspecified atom stereocenters. The van der Waals surface area contributed by atoms with Crippen molar-refractivity contribution >= 4 is 0 Å². The Morgan fingerprint density at radius 1 is 0.409 bits per heavy atom. The van der Waals surface area contributed by atoms with Gasteiger partial charge >= 0.3 is 0 Å². The molecule has 6 heteroatoms. The molecular weight excluding hydrogens is 544 g/mol. The van der Waals surface area contributed by atoms with Gasteiger partial charge in [-0.05, 0) is 25.7 Å². The lowest BCUT2D eigenvalue weighted by Gasteiger charge is -2.03. The first-order valence-electron chi connectivity index (χ1n) is 19.1. The summed E-state index contributed by atoms with van der Waals surface area (Å²) in [6.45, 7) is 9.16. The van der Waals surface area contributed by atoms with Gasteiger partial charge in [0.15, 0.2) is 13.5 Å². The number of unbranched alkanes of at least 4 members (excludes halogenated alkanes) is 22. The monoisotopic (exact) mass is 617 g/mol. The van der Waals surface area contributed by atoms with Crippen molar-refractivity contribution in [3.05, 3.63) is 37.4 Å². The second-order valence-electron chi connectivity index (χ2n) is 13.2. The van der Waals surface area contributed by atoms with Gasteiger partial charge in [-0.3, -0.25) is 0 Å². The van der Waals surface area contributed by atoms with Crippen molar-refractivity contribution in [3.63, 3.8) is 0 Å². The third-order valence-electron chi connectivity index (χ3n) is 8.88. The van der Waals surface area contributed by atoms with E-state index in [4.69, 9.17) is 9.47 Å². The van der Waals surface area contributed by atoms with E-state index in [-0.39, 0.29) is 0 Å². The number of ether oxygens (including phenoxy) is 2. The molecule has 0 atom stereocenters. The minimum atomic E-state index is 0.581. The molecule has 6 nitrogen and oxygen atoms in total. The SMILES string of the molecule is CCCCCCCCCCCCCCn1cc[n+](COCCOC[n+]2ccn(CCCCCCCCCCCCCC)c2)c1. The van der Waals surface area contributed by atoms with Crippen LogP contribution in [0.15, 0.2) is 37.4 Å². The molecule has 2 rings (SSSR count). The molecule has 0 fully saturated rings. The van der Waals surface area contributed by atoms with Crippen LogP contribution >= 0.6 is 0 Å². The third kappa shape index (κ3) is 21.9. The van der Waals surface area contributed by atoms with Crippen LogP contribution in [0.1, 0.15) is 168 Å². The van der Waals surface area contributed by atoms with E-state index >= 15 is 0 Å². The molecule has 0 radical (unpaired) electrons. The Hall–Kier alpha value is -1.66. The van der Waals surface area contributed by atoms with Crippen LogP contribution in [0, 0.1) is 0 Å². The Morgan fingerprint density at radius 3 is 1.02 bits per heavy atom. The van der Waals surface area contributed by atoms with Gasteiger partial charge in [0, 0.05) is 0 Å². The second kappa shape index (κ2) is 28.8. The van der Waals surface area contributed by atoms with Crippen molar-refractivity contribution in [1.82, 2.24) is 9.13 Å². The molecular formula is C38H72N4O2+2. The van der Waals surface area contributed by atoms with Crippen molar-refractivity contribution in [2.45, 2.75) is 194 Å². The molecule has 254 valence electrons. The number of aryl methyl sites for hydroxylation is 2. The summed E-state index contributed by atoms with van der Waals surface area (Å²) in [4.78, 5) is 0. The standard InChI is InChI=1S/C38H72N4O2/c1-3-5-7-9-11-13-15-17-19-21-23-25-27-39-29-31-41(35-39)37-43-33-34-44-38-42-32-30-40(36-42)28-26-24-22-20-18-16-14-12-10-8-6-4-2/h29-32,35-36H,3-28,33-34,37-38H2,1-2H3/q+2. The Morgan fingerprint density at radius 2 is 0.705 bits per heavy atom. The van der Waals surface area contributed by atoms with E-state index in [0.717, 1.165) is 13.1 Å². The fraction of sp³-hybridized carbons (Fsp3) is 0.842. The molecule has 2 heterocycles. The first-order chi connectivity index (χ1) is 21.8. The van der Waals surface area contributed by atoms with E-state index in [1.165, 1.54) is 154 Å². The van der Waals surface area contributed by atoms with E-state index in [1.807, 2.05) is 0 Å². The van der Waals surface area contributed by atoms with Crippen LogP contribution in [0.2, 0.25) is 0 Å². The maximum Gasteiger partial charge on any atom is 0.245 e. The number of imidazole rings is 2. The number of hydrogen-bond acceptors (Lipinski definition) is 2. The molecule has 0 aliphatic rings. The summed E-state index contributed by atoms with van der Waals surface area (Å²) >= 11 is 0. The van der Waals surface area contributed by atoms with Crippen LogP contribution < -0.4 is 9.13 Å². The lowest BCUT2D eigenvalue weighted by Crippen LogP contribution is -2.35. The fourth-order valence-electron chi connectivity index (χ4n) is 6.02. The molecule has 0 aromatic carbocycles. The minimum absolute atomic E-state index is 0.581. The first-order valence-corrected chi connectivity index (χ1v) is 19.1. The highest BCUT2D eigenvalue weighted by Gasteiger charge is 2.06. The van der Waals surface area contributed by atoms with Crippen LogP contribution in [0.25, 0.3) is 0 Å². The highest BCUT2D eigenvalue weighted by Crippen LogP contribution is 2.13. The van der Waals surface area contributed by atoms with Crippen LogP contribution in [0.5, 0.6) is 0 Å². The van der Waals surface area contributed by atoms with Crippen LogP contribution in [-0.4, -0.2) is 22.3 Å². The Bertz CT molecular complexity index is 794. The zero-order valence-electron chi connectivity index (χ0n) is 29.3. The number of rotatable bonds is 33. The third-order valence-corrected chi connectivity index (χ3v) is 8.88. The predicted octanol–water partition coefficient (Wildman–Crippen LogP) is 9.92. The molecule has 2 aromatic rings. The lowest BCUT2D eigenvalue weighted by atomic mass is 10.1. The largest absolute Gasteiger partial charge is 0.339 e. The average molecular weight is 617 g/mol. The summed E-state index contributed by atoms with van der Waals surface area (Å²) in [6, 6.07) is 0. The number of aromatic nitrogens is 4. The summed E-state index contributed by atoms with van der Waals surface area (Å²) in [5, 5.41) is 0. The minimum Gasteiger partial charge on any atom is -0.339 e. The van der Waals surface area contributed by atoms with E-state index < -0.39 is 0 Å². The smallest absolute Gasteiger partial charge is 0.245 e. The zero-order valence-corrected chi connectivity index (χ0v) is 29.3. The molecule has 0 saturated heterocycles. The maximum absolute atomic E-state index is 5.83. The number of hydrogen-bond donors (Lipinski definition) is 0. The molecule has 0 spiro atoms. The maximum atomic E-state index is 5.83. The number of nitrogens with zero attached hydrogens (tertiary/aromatic N) is 4. The molecule has 0 aliphatic heterocycles. The average Bonchev–Trinajstić information content (AvgIpc) is 3.69. The topological polar surface area (TPSA) is 36.1 Å². The first kappa shape index (κ1) is 38.5. The highest BCUT2D eigenvalue weighted by molar-refractivity contribution is 4.67. The van der Waals surface area contributed by atoms with E-state index in [2.05, 4.69) is 69.6 Å². The summed E-state index contributed by atoms with van der Waals surface area (Å²) in [5.74, 6) is 0. The normalized spacial score (nSPS) is 11.6. The van der Waals surface area contributed by atoms with E-state index in [9.17, 15) is 0 Å². The van der Waals surface area contributed by atoms with Gasteiger partial charge < -0.3 is 9.47 Å². The molecule has 0 aliphatic carbocycles. The van der Waals surface area contributed by atoms with Crippen LogP contribution in [0.3, 0.4) is 0 Å². The Balaban J connectivity index is 1.35. The summed E-state index contributed by atoms with van der Waals surface area (Å²) in [5.41, 5.74) is 0. The molecule has 44 heavy (non-hydrogen) atoms. The Labute approximate surface area is 272 Å². The Kier molecular flexibility index (Phi) is 25.2. The molecule has 0 bridgehead atoms. The van der Waals surface area contributed by atoms with Crippen molar-refractivity contribution in [1.29, 1.82) is 0 Å². The van der Waals surface area contributed by atoms with Gasteiger partial charge in [-0.15, -0.1) is 0 Å². The quantitative estimate of drug-likeness (QED) is 0.0591. The van der Waals surface area contributed by atoms with Gasteiger partial charge in [0.2, 0.25) is 12.7 Å². The van der Waals surface area contributed by atoms with Gasteiger partial charge in [-0.2, -0.15) is 0 Å². The van der Waals surface area contributed by atoms with Crippen molar-refractivity contribution in [2.75, 3.05) is 13.2 Å². The lowest BCUT2D eigenvalue weighted by molar-refractivity contribution is -0.737. The second-order valence-corrected chi connectivity index (χ2v) is 13.2. The van der Waals surface area contributed by atoms with E-state index in [0.29, 0.717) is 26.7 Å². The van der Waals surface area contributed by atoms with Crippen LogP contribution in [-0.2, 0) is 36.0 Å². The van der Waals surface area contributed by atoms with E-state index in [1.54, 1.807) is 0 Å². The van der Waals surface area contributed by atoms with Crippen molar-refractivity contribution in [2.24, 2.45) is 0 Å². The summed E-state index contributed by atoms with van der Waals surface area (Å²) < 4.78 is 20.5. The van der Waals surface area contributed by atoms with Gasteiger partial charge in [-0.25, -0.2) is 18.3 Å². The zero-order chi connectivity index (χ0) is 31.2. The van der Waals surface area contributed by atoms with Crippen molar-refractivity contribution in [3.8, 4) is 0 Å². The predicted molar refractivity (Wildman–Crippen MR) is 183 cm³/mol. The van der Waals surface area contributed by atoms with Gasteiger partial charge in [0.25, 0.3) is 0 Å².